The van der Waals surface area contributed by atoms with Crippen LogP contribution < -0.4 is 15.0 Å². The highest BCUT2D eigenvalue weighted by molar-refractivity contribution is 6.32. The number of anilines is 1. The van der Waals surface area contributed by atoms with Crippen molar-refractivity contribution < 1.29 is 22.7 Å². The number of nitrogens with zero attached hydrogens (tertiary/aromatic N) is 3. The quantitative estimate of drug-likeness (QED) is 0.323. The number of amides is 1. The second-order valence-electron chi connectivity index (χ2n) is 9.69. The second-order valence-corrected chi connectivity index (χ2v) is 10.1. The topological polar surface area (TPSA) is 67.4 Å². The summed E-state index contributed by atoms with van der Waals surface area (Å²) in [4.78, 5) is 23.9. The molecule has 0 spiro atoms. The number of allylic oxidation sites excluding steroid dienone is 2. The molecule has 4 rings (SSSR count). The Labute approximate surface area is 224 Å². The predicted molar refractivity (Wildman–Crippen MR) is 143 cm³/mol. The number of carbonyl (C=O) groups excluding carboxylic acids is 1. The zero-order valence-electron chi connectivity index (χ0n) is 21.3. The van der Waals surface area contributed by atoms with Crippen LogP contribution in [-0.4, -0.2) is 42.9 Å². The molecule has 0 radical (unpaired) electrons. The van der Waals surface area contributed by atoms with Crippen LogP contribution in [0.2, 0.25) is 5.02 Å². The fraction of sp³-hybridized carbons (Fsp3) is 0.393. The van der Waals surface area contributed by atoms with Crippen LogP contribution >= 0.6 is 11.6 Å². The number of para-hydroxylation sites is 1. The minimum absolute atomic E-state index is 0.189. The first-order valence-electron chi connectivity index (χ1n) is 12.5. The average molecular weight is 547 g/mol. The average Bonchev–Trinajstić information content (AvgIpc) is 2.88. The summed E-state index contributed by atoms with van der Waals surface area (Å²) in [7, 11) is 3.96. The van der Waals surface area contributed by atoms with Gasteiger partial charge in [-0.05, 0) is 67.9 Å². The molecule has 0 saturated heterocycles. The summed E-state index contributed by atoms with van der Waals surface area (Å²) in [5, 5.41) is 3.64. The number of halogens is 4. The number of fused-ring (bicyclic) bond motifs is 1. The van der Waals surface area contributed by atoms with Crippen molar-refractivity contribution in [3.05, 3.63) is 71.0 Å². The van der Waals surface area contributed by atoms with E-state index in [0.29, 0.717) is 24.8 Å². The largest absolute Gasteiger partial charge is 0.573 e. The summed E-state index contributed by atoms with van der Waals surface area (Å²) in [5.41, 5.74) is 1.12. The van der Waals surface area contributed by atoms with Gasteiger partial charge in [0.15, 0.2) is 0 Å². The van der Waals surface area contributed by atoms with E-state index < -0.39 is 12.1 Å². The molecule has 6 nitrogen and oxygen atoms in total. The standard InChI is InChI=1S/C28H30ClF3N4O2/c1-36(2)26-21-7-3-4-8-23(21)34-25(35-26)9-5-6-18-10-12-19(13-11-18)17-33-27(37)20-14-15-24(22(29)16-20)38-28(30,31)32/h3-8,14-16,18-19H,9-13,17H2,1-2H3,(H,33,37)/b6-5+. The number of benzene rings is 2. The summed E-state index contributed by atoms with van der Waals surface area (Å²) >= 11 is 5.85. The minimum Gasteiger partial charge on any atom is -0.404 e. The Hall–Kier alpha value is -3.33. The van der Waals surface area contributed by atoms with E-state index in [9.17, 15) is 18.0 Å². The van der Waals surface area contributed by atoms with Crippen LogP contribution in [0.3, 0.4) is 0 Å². The van der Waals surface area contributed by atoms with Gasteiger partial charge in [-0.15, -0.1) is 13.2 Å². The summed E-state index contributed by atoms with van der Waals surface area (Å²) in [6.07, 6.45) is 4.21. The molecule has 1 aromatic heterocycles. The molecule has 1 amide bonds. The number of ether oxygens (including phenoxy) is 1. The maximum Gasteiger partial charge on any atom is 0.573 e. The molecule has 2 aromatic carbocycles. The molecule has 1 heterocycles. The SMILES string of the molecule is CN(C)c1nc(C/C=C/C2CCC(CNC(=O)c3ccc(OC(F)(F)F)c(Cl)c3)CC2)nc2ccccc12. The van der Waals surface area contributed by atoms with Gasteiger partial charge in [0, 0.05) is 38.0 Å². The summed E-state index contributed by atoms with van der Waals surface area (Å²) in [6, 6.07) is 11.5. The fourth-order valence-corrected chi connectivity index (χ4v) is 4.90. The number of hydrogen-bond acceptors (Lipinski definition) is 5. The lowest BCUT2D eigenvalue weighted by Crippen LogP contribution is -2.31. The van der Waals surface area contributed by atoms with Gasteiger partial charge in [-0.3, -0.25) is 4.79 Å². The van der Waals surface area contributed by atoms with Crippen molar-refractivity contribution in [2.45, 2.75) is 38.5 Å². The highest BCUT2D eigenvalue weighted by atomic mass is 35.5. The Kier molecular flexibility index (Phi) is 8.76. The third-order valence-electron chi connectivity index (χ3n) is 6.62. The van der Waals surface area contributed by atoms with E-state index in [1.54, 1.807) is 0 Å². The van der Waals surface area contributed by atoms with Gasteiger partial charge in [0.25, 0.3) is 5.91 Å². The number of aromatic nitrogens is 2. The number of alkyl halides is 3. The zero-order valence-corrected chi connectivity index (χ0v) is 22.0. The molecule has 1 fully saturated rings. The summed E-state index contributed by atoms with van der Waals surface area (Å²) in [6.45, 7) is 0.506. The molecule has 1 N–H and O–H groups in total. The molecule has 1 aliphatic rings. The molecule has 0 bridgehead atoms. The first-order valence-corrected chi connectivity index (χ1v) is 12.9. The smallest absolute Gasteiger partial charge is 0.404 e. The van der Waals surface area contributed by atoms with Crippen LogP contribution in [0.1, 0.15) is 41.9 Å². The van der Waals surface area contributed by atoms with Crippen LogP contribution in [0.15, 0.2) is 54.6 Å². The van der Waals surface area contributed by atoms with Gasteiger partial charge in [0.1, 0.15) is 17.4 Å². The van der Waals surface area contributed by atoms with Crippen molar-refractivity contribution in [3.63, 3.8) is 0 Å². The van der Waals surface area contributed by atoms with Gasteiger partial charge in [0.2, 0.25) is 0 Å². The van der Waals surface area contributed by atoms with Gasteiger partial charge in [-0.2, -0.15) is 0 Å². The van der Waals surface area contributed by atoms with Crippen molar-refractivity contribution in [1.29, 1.82) is 0 Å². The van der Waals surface area contributed by atoms with Crippen LogP contribution in [0.4, 0.5) is 19.0 Å². The maximum absolute atomic E-state index is 12.5. The van der Waals surface area contributed by atoms with E-state index in [2.05, 4.69) is 22.2 Å². The van der Waals surface area contributed by atoms with Gasteiger partial charge in [-0.1, -0.05) is 35.9 Å². The monoisotopic (exact) mass is 546 g/mol. The Morgan fingerprint density at radius 3 is 2.55 bits per heavy atom. The maximum atomic E-state index is 12.5. The Morgan fingerprint density at radius 1 is 1.13 bits per heavy atom. The Bertz CT molecular complexity index is 1300. The molecule has 38 heavy (non-hydrogen) atoms. The predicted octanol–water partition coefficient (Wildman–Crippen LogP) is 6.58. The normalized spacial score (nSPS) is 18.1. The van der Waals surface area contributed by atoms with Gasteiger partial charge < -0.3 is 15.0 Å². The van der Waals surface area contributed by atoms with E-state index >= 15 is 0 Å². The molecule has 0 atom stereocenters. The van der Waals surface area contributed by atoms with Crippen LogP contribution in [0.25, 0.3) is 10.9 Å². The molecular formula is C28H30ClF3N4O2. The third-order valence-corrected chi connectivity index (χ3v) is 6.92. The summed E-state index contributed by atoms with van der Waals surface area (Å²) < 4.78 is 41.0. The first-order chi connectivity index (χ1) is 18.1. The molecule has 1 saturated carbocycles. The lowest BCUT2D eigenvalue weighted by molar-refractivity contribution is -0.274. The van der Waals surface area contributed by atoms with Gasteiger partial charge in [0.05, 0.1) is 10.5 Å². The molecule has 3 aromatic rings. The van der Waals surface area contributed by atoms with Crippen molar-refractivity contribution >= 4 is 34.2 Å². The Balaban J connectivity index is 1.24. The van der Waals surface area contributed by atoms with E-state index in [1.165, 1.54) is 12.1 Å². The fourth-order valence-electron chi connectivity index (χ4n) is 4.68. The van der Waals surface area contributed by atoms with Crippen LogP contribution in [0.5, 0.6) is 5.75 Å². The molecular weight excluding hydrogens is 517 g/mol. The lowest BCUT2D eigenvalue weighted by atomic mass is 9.81. The van der Waals surface area contributed by atoms with E-state index in [4.69, 9.17) is 21.6 Å². The van der Waals surface area contributed by atoms with Crippen molar-refractivity contribution in [2.24, 2.45) is 11.8 Å². The highest BCUT2D eigenvalue weighted by Gasteiger charge is 2.32. The first kappa shape index (κ1) is 27.7. The summed E-state index contributed by atoms with van der Waals surface area (Å²) in [5.74, 6) is 1.61. The number of carbonyl (C=O) groups is 1. The molecule has 202 valence electrons. The van der Waals surface area contributed by atoms with E-state index in [1.807, 2.05) is 43.3 Å². The molecule has 10 heteroatoms. The zero-order chi connectivity index (χ0) is 27.3. The third kappa shape index (κ3) is 7.37. The molecule has 1 aliphatic carbocycles. The number of hydrogen-bond donors (Lipinski definition) is 1. The molecule has 0 unspecified atom stereocenters. The lowest BCUT2D eigenvalue weighted by Gasteiger charge is -2.27. The number of nitrogens with one attached hydrogen (secondary N) is 1. The van der Waals surface area contributed by atoms with Crippen molar-refractivity contribution in [2.75, 3.05) is 25.5 Å². The van der Waals surface area contributed by atoms with Crippen molar-refractivity contribution in [3.8, 4) is 5.75 Å². The van der Waals surface area contributed by atoms with Gasteiger partial charge >= 0.3 is 6.36 Å². The van der Waals surface area contributed by atoms with Crippen LogP contribution in [0, 0.1) is 11.8 Å². The van der Waals surface area contributed by atoms with E-state index in [-0.39, 0.29) is 16.5 Å². The van der Waals surface area contributed by atoms with Gasteiger partial charge in [-0.25, -0.2) is 9.97 Å². The van der Waals surface area contributed by atoms with Crippen LogP contribution in [-0.2, 0) is 6.42 Å². The van der Waals surface area contributed by atoms with Crippen molar-refractivity contribution in [1.82, 2.24) is 15.3 Å². The molecule has 0 aliphatic heterocycles. The number of rotatable bonds is 8. The second kappa shape index (κ2) is 12.0. The Morgan fingerprint density at radius 2 is 1.87 bits per heavy atom. The minimum atomic E-state index is -4.85. The highest BCUT2D eigenvalue weighted by Crippen LogP contribution is 2.32. The van der Waals surface area contributed by atoms with E-state index in [0.717, 1.165) is 54.3 Å².